The zero-order chi connectivity index (χ0) is 12.4. The number of thiophene rings is 1. The van der Waals surface area contributed by atoms with E-state index in [9.17, 15) is 9.50 Å². The van der Waals surface area contributed by atoms with Gasteiger partial charge in [0.15, 0.2) is 0 Å². The Hall–Kier alpha value is -0.230. The fourth-order valence-electron chi connectivity index (χ4n) is 1.56. The number of hydrogen-bond donors (Lipinski definition) is 1. The zero-order valence-corrected chi connectivity index (χ0v) is 12.6. The van der Waals surface area contributed by atoms with Crippen molar-refractivity contribution in [1.82, 2.24) is 0 Å². The van der Waals surface area contributed by atoms with Crippen LogP contribution in [-0.2, 0) is 6.42 Å². The van der Waals surface area contributed by atoms with Gasteiger partial charge in [0.25, 0.3) is 0 Å². The highest BCUT2D eigenvalue weighted by Crippen LogP contribution is 2.29. The summed E-state index contributed by atoms with van der Waals surface area (Å²) in [6.45, 7) is 0. The van der Waals surface area contributed by atoms with Gasteiger partial charge >= 0.3 is 0 Å². The van der Waals surface area contributed by atoms with Gasteiger partial charge in [0, 0.05) is 15.8 Å². The average Bonchev–Trinajstić information content (AvgIpc) is 2.63. The van der Waals surface area contributed by atoms with E-state index >= 15 is 0 Å². The molecule has 1 unspecified atom stereocenters. The molecule has 0 aliphatic carbocycles. The van der Waals surface area contributed by atoms with Gasteiger partial charge in [-0.3, -0.25) is 0 Å². The number of aliphatic hydroxyl groups excluding tert-OH is 1. The number of aliphatic hydroxyl groups is 1. The lowest BCUT2D eigenvalue weighted by Crippen LogP contribution is -2.00. The second kappa shape index (κ2) is 5.61. The van der Waals surface area contributed by atoms with Crippen molar-refractivity contribution in [2.75, 3.05) is 0 Å². The fourth-order valence-corrected chi connectivity index (χ4v) is 3.48. The molecule has 1 atom stereocenters. The van der Waals surface area contributed by atoms with E-state index in [0.717, 1.165) is 14.2 Å². The molecule has 2 aromatic rings. The lowest BCUT2D eigenvalue weighted by atomic mass is 10.1. The second-order valence-electron chi connectivity index (χ2n) is 3.64. The summed E-state index contributed by atoms with van der Waals surface area (Å²) in [5, 5.41) is 10.0. The molecule has 0 saturated heterocycles. The van der Waals surface area contributed by atoms with Crippen molar-refractivity contribution in [2.24, 2.45) is 0 Å². The highest BCUT2D eigenvalue weighted by atomic mass is 79.9. The van der Waals surface area contributed by atoms with Gasteiger partial charge in [-0.25, -0.2) is 4.39 Å². The van der Waals surface area contributed by atoms with Crippen molar-refractivity contribution >= 4 is 43.2 Å². The van der Waals surface area contributed by atoms with E-state index in [1.54, 1.807) is 0 Å². The maximum atomic E-state index is 13.2. The van der Waals surface area contributed by atoms with Gasteiger partial charge < -0.3 is 5.11 Å². The van der Waals surface area contributed by atoms with Crippen molar-refractivity contribution < 1.29 is 9.50 Å². The van der Waals surface area contributed by atoms with E-state index in [0.29, 0.717) is 10.9 Å². The molecular formula is C12H9Br2FOS. The molecule has 5 heteroatoms. The van der Waals surface area contributed by atoms with E-state index < -0.39 is 6.10 Å². The Labute approximate surface area is 120 Å². The van der Waals surface area contributed by atoms with E-state index in [2.05, 4.69) is 31.9 Å². The monoisotopic (exact) mass is 378 g/mol. The highest BCUT2D eigenvalue weighted by Gasteiger charge is 2.12. The summed E-state index contributed by atoms with van der Waals surface area (Å²) in [5.41, 5.74) is 0.772. The first-order valence-electron chi connectivity index (χ1n) is 4.93. The topological polar surface area (TPSA) is 20.2 Å². The molecule has 0 amide bonds. The smallest absolute Gasteiger partial charge is 0.124 e. The molecule has 0 saturated carbocycles. The summed E-state index contributed by atoms with van der Waals surface area (Å²) < 4.78 is 14.8. The summed E-state index contributed by atoms with van der Waals surface area (Å²) >= 11 is 8.07. The van der Waals surface area contributed by atoms with Crippen LogP contribution in [0, 0.1) is 5.82 Å². The maximum Gasteiger partial charge on any atom is 0.124 e. The van der Waals surface area contributed by atoms with Crippen LogP contribution in [0.2, 0.25) is 0 Å². The third-order valence-electron chi connectivity index (χ3n) is 2.27. The molecule has 1 nitrogen and oxygen atoms in total. The Morgan fingerprint density at radius 2 is 2.00 bits per heavy atom. The molecule has 1 aromatic heterocycles. The molecule has 0 aliphatic rings. The van der Waals surface area contributed by atoms with Gasteiger partial charge in [0.2, 0.25) is 0 Å². The molecule has 0 bridgehead atoms. The minimum Gasteiger partial charge on any atom is -0.387 e. The molecule has 17 heavy (non-hydrogen) atoms. The van der Waals surface area contributed by atoms with Crippen LogP contribution in [0.1, 0.15) is 16.5 Å². The predicted molar refractivity (Wildman–Crippen MR) is 74.8 cm³/mol. The number of hydrogen-bond acceptors (Lipinski definition) is 2. The lowest BCUT2D eigenvalue weighted by Gasteiger charge is -2.09. The minimum absolute atomic E-state index is 0.297. The van der Waals surface area contributed by atoms with Crippen LogP contribution in [0.15, 0.2) is 38.6 Å². The van der Waals surface area contributed by atoms with Crippen molar-refractivity contribution in [3.63, 3.8) is 0 Å². The standard InChI is InChI=1S/C12H9Br2FOS/c13-8-3-7(4-9(15)6-8)5-10(16)11-1-2-12(14)17-11/h1-4,6,10,16H,5H2. The SMILES string of the molecule is OC(Cc1cc(F)cc(Br)c1)c1ccc(Br)s1. The van der Waals surface area contributed by atoms with Gasteiger partial charge in [0.05, 0.1) is 9.89 Å². The lowest BCUT2D eigenvalue weighted by molar-refractivity contribution is 0.182. The van der Waals surface area contributed by atoms with Gasteiger partial charge in [-0.05, 0) is 51.8 Å². The van der Waals surface area contributed by atoms with Gasteiger partial charge in [0.1, 0.15) is 5.82 Å². The molecule has 0 radical (unpaired) electrons. The zero-order valence-electron chi connectivity index (χ0n) is 8.66. The Bertz CT molecular complexity index is 507. The van der Waals surface area contributed by atoms with Gasteiger partial charge in [-0.15, -0.1) is 11.3 Å². The normalized spacial score (nSPS) is 12.7. The summed E-state index contributed by atoms with van der Waals surface area (Å²) in [6.07, 6.45) is -0.191. The van der Waals surface area contributed by atoms with Crippen LogP contribution in [0.25, 0.3) is 0 Å². The number of benzene rings is 1. The third-order valence-corrected chi connectivity index (χ3v) is 4.46. The molecule has 0 spiro atoms. The third kappa shape index (κ3) is 3.61. The summed E-state index contributed by atoms with van der Waals surface area (Å²) in [5.74, 6) is -0.297. The van der Waals surface area contributed by atoms with Crippen LogP contribution in [-0.4, -0.2) is 5.11 Å². The van der Waals surface area contributed by atoms with Crippen molar-refractivity contribution in [3.8, 4) is 0 Å². The van der Waals surface area contributed by atoms with E-state index in [1.807, 2.05) is 18.2 Å². The minimum atomic E-state index is -0.597. The molecule has 0 fully saturated rings. The first-order valence-corrected chi connectivity index (χ1v) is 7.33. The van der Waals surface area contributed by atoms with Crippen molar-refractivity contribution in [2.45, 2.75) is 12.5 Å². The van der Waals surface area contributed by atoms with E-state index in [-0.39, 0.29) is 5.82 Å². The molecule has 90 valence electrons. The predicted octanol–water partition coefficient (Wildman–Crippen LogP) is 4.69. The van der Waals surface area contributed by atoms with Crippen LogP contribution in [0.3, 0.4) is 0 Å². The fraction of sp³-hybridized carbons (Fsp3) is 0.167. The highest BCUT2D eigenvalue weighted by molar-refractivity contribution is 9.11. The van der Waals surface area contributed by atoms with Crippen molar-refractivity contribution in [3.05, 3.63) is 54.8 Å². The first-order chi connectivity index (χ1) is 8.04. The largest absolute Gasteiger partial charge is 0.387 e. The quantitative estimate of drug-likeness (QED) is 0.820. The van der Waals surface area contributed by atoms with Crippen LogP contribution < -0.4 is 0 Å². The van der Waals surface area contributed by atoms with Crippen LogP contribution in [0.5, 0.6) is 0 Å². The molecule has 1 heterocycles. The summed E-state index contributed by atoms with van der Waals surface area (Å²) in [7, 11) is 0. The Morgan fingerprint density at radius 3 is 2.59 bits per heavy atom. The molecule has 0 aliphatic heterocycles. The van der Waals surface area contributed by atoms with Crippen LogP contribution in [0.4, 0.5) is 4.39 Å². The first kappa shape index (κ1) is 13.2. The van der Waals surface area contributed by atoms with Gasteiger partial charge in [-0.1, -0.05) is 15.9 Å². The van der Waals surface area contributed by atoms with E-state index in [4.69, 9.17) is 0 Å². The molecule has 2 rings (SSSR count). The van der Waals surface area contributed by atoms with E-state index in [1.165, 1.54) is 23.5 Å². The average molecular weight is 380 g/mol. The Balaban J connectivity index is 2.15. The second-order valence-corrected chi connectivity index (χ2v) is 7.05. The Kier molecular flexibility index (Phi) is 4.36. The van der Waals surface area contributed by atoms with Crippen LogP contribution >= 0.6 is 43.2 Å². The molecular weight excluding hydrogens is 371 g/mol. The van der Waals surface area contributed by atoms with Crippen molar-refractivity contribution in [1.29, 1.82) is 0 Å². The molecule has 1 aromatic carbocycles. The number of rotatable bonds is 3. The number of halogens is 3. The summed E-state index contributed by atoms with van der Waals surface area (Å²) in [6, 6.07) is 8.42. The maximum absolute atomic E-state index is 13.2. The summed E-state index contributed by atoms with van der Waals surface area (Å²) in [4.78, 5) is 0.872. The Morgan fingerprint density at radius 1 is 1.24 bits per heavy atom. The molecule has 1 N–H and O–H groups in total. The van der Waals surface area contributed by atoms with Gasteiger partial charge in [-0.2, -0.15) is 0 Å².